The molecule has 1 aromatic heterocycles. The van der Waals surface area contributed by atoms with Crippen LogP contribution in [0, 0.1) is 10.1 Å². The highest BCUT2D eigenvalue weighted by Crippen LogP contribution is 2.30. The van der Waals surface area contributed by atoms with E-state index in [2.05, 4.69) is 9.88 Å². The molecule has 0 saturated carbocycles. The maximum absolute atomic E-state index is 12.3. The van der Waals surface area contributed by atoms with Crippen LogP contribution in [0.1, 0.15) is 22.8 Å². The molecule has 166 valence electrons. The smallest absolute Gasteiger partial charge is 0.323 e. The summed E-state index contributed by atoms with van der Waals surface area (Å²) in [6.07, 6.45) is 0. The van der Waals surface area contributed by atoms with Crippen molar-refractivity contribution in [1.29, 1.82) is 0 Å². The topological polar surface area (TPSA) is 117 Å². The van der Waals surface area contributed by atoms with Gasteiger partial charge < -0.3 is 14.9 Å². The number of nitrogens with zero attached hydrogens (tertiary/aromatic N) is 4. The number of benzene rings is 2. The Morgan fingerprint density at radius 3 is 2.53 bits per heavy atom. The molecule has 1 heterocycles. The van der Waals surface area contributed by atoms with Crippen LogP contribution in [0.4, 0.5) is 10.8 Å². The molecule has 2 aromatic carbocycles. The lowest BCUT2D eigenvalue weighted by Crippen LogP contribution is -2.31. The molecule has 3 aromatic rings. The second kappa shape index (κ2) is 10.0. The highest BCUT2D eigenvalue weighted by atomic mass is 32.1. The second-order valence-electron chi connectivity index (χ2n) is 7.09. The molecule has 1 amide bonds. The summed E-state index contributed by atoms with van der Waals surface area (Å²) >= 11 is 1.46. The van der Waals surface area contributed by atoms with E-state index >= 15 is 0 Å². The van der Waals surface area contributed by atoms with Gasteiger partial charge in [-0.2, -0.15) is 0 Å². The van der Waals surface area contributed by atoms with Crippen molar-refractivity contribution in [3.8, 4) is 11.3 Å². The Balaban J connectivity index is 1.72. The normalized spacial score (nSPS) is 10.6. The standard InChI is InChI=1S/C22H22N4O5S/c1-3-25(12-15-7-9-16(10-8-15)21(29)24(2)13-20(27)28)22-23-19(14-32-22)17-5-4-6-18(11-17)26(30)31/h4-11,14H,3,12-13H2,1-2H3,(H,27,28). The molecule has 0 spiro atoms. The third kappa shape index (κ3) is 5.46. The van der Waals surface area contributed by atoms with Crippen LogP contribution in [0.25, 0.3) is 11.3 Å². The number of rotatable bonds is 9. The number of carboxylic acids is 1. The zero-order valence-electron chi connectivity index (χ0n) is 17.6. The number of nitro benzene ring substituents is 1. The van der Waals surface area contributed by atoms with Gasteiger partial charge in [-0.25, -0.2) is 4.98 Å². The fourth-order valence-electron chi connectivity index (χ4n) is 3.10. The fraction of sp³-hybridized carbons (Fsp3) is 0.227. The van der Waals surface area contributed by atoms with Gasteiger partial charge >= 0.3 is 5.97 Å². The van der Waals surface area contributed by atoms with Crippen LogP contribution in [0.15, 0.2) is 53.9 Å². The van der Waals surface area contributed by atoms with Crippen molar-refractivity contribution in [1.82, 2.24) is 9.88 Å². The van der Waals surface area contributed by atoms with E-state index in [0.717, 1.165) is 15.6 Å². The van der Waals surface area contributed by atoms with Crippen molar-refractivity contribution in [3.63, 3.8) is 0 Å². The first-order valence-electron chi connectivity index (χ1n) is 9.80. The van der Waals surface area contributed by atoms with Gasteiger partial charge in [0.1, 0.15) is 6.54 Å². The summed E-state index contributed by atoms with van der Waals surface area (Å²) in [6, 6.07) is 13.4. The predicted molar refractivity (Wildman–Crippen MR) is 122 cm³/mol. The van der Waals surface area contributed by atoms with Crippen LogP contribution in [-0.4, -0.2) is 51.9 Å². The molecular weight excluding hydrogens is 432 g/mol. The van der Waals surface area contributed by atoms with Gasteiger partial charge in [-0.3, -0.25) is 19.7 Å². The van der Waals surface area contributed by atoms with Crippen molar-refractivity contribution in [2.75, 3.05) is 25.0 Å². The van der Waals surface area contributed by atoms with Crippen LogP contribution >= 0.6 is 11.3 Å². The highest BCUT2D eigenvalue weighted by Gasteiger charge is 2.16. The largest absolute Gasteiger partial charge is 0.480 e. The minimum absolute atomic E-state index is 0.0213. The number of aromatic nitrogens is 1. The van der Waals surface area contributed by atoms with E-state index in [4.69, 9.17) is 5.11 Å². The number of carbonyl (C=O) groups is 2. The Morgan fingerprint density at radius 1 is 1.19 bits per heavy atom. The summed E-state index contributed by atoms with van der Waals surface area (Å²) in [7, 11) is 1.45. The monoisotopic (exact) mass is 454 g/mol. The van der Waals surface area contributed by atoms with Gasteiger partial charge in [0.25, 0.3) is 11.6 Å². The Bertz CT molecular complexity index is 1130. The average molecular weight is 455 g/mol. The Morgan fingerprint density at radius 2 is 1.91 bits per heavy atom. The van der Waals surface area contributed by atoms with Gasteiger partial charge in [0.15, 0.2) is 5.13 Å². The van der Waals surface area contributed by atoms with E-state index in [1.807, 2.05) is 24.4 Å². The van der Waals surface area contributed by atoms with E-state index in [1.165, 1.54) is 30.5 Å². The molecule has 0 fully saturated rings. The summed E-state index contributed by atoms with van der Waals surface area (Å²) in [5, 5.41) is 22.5. The Labute approximate surface area is 188 Å². The zero-order chi connectivity index (χ0) is 23.3. The van der Waals surface area contributed by atoms with Crippen LogP contribution in [0.2, 0.25) is 0 Å². The molecule has 10 heteroatoms. The first-order valence-corrected chi connectivity index (χ1v) is 10.7. The number of amides is 1. The molecule has 32 heavy (non-hydrogen) atoms. The highest BCUT2D eigenvalue weighted by molar-refractivity contribution is 7.14. The molecule has 0 bridgehead atoms. The lowest BCUT2D eigenvalue weighted by Gasteiger charge is -2.20. The minimum Gasteiger partial charge on any atom is -0.480 e. The van der Waals surface area contributed by atoms with Crippen molar-refractivity contribution >= 4 is 34.0 Å². The van der Waals surface area contributed by atoms with Crippen LogP contribution in [-0.2, 0) is 11.3 Å². The molecule has 0 aliphatic heterocycles. The Hall–Kier alpha value is -3.79. The van der Waals surface area contributed by atoms with Gasteiger partial charge in [-0.05, 0) is 24.6 Å². The third-order valence-corrected chi connectivity index (χ3v) is 5.69. The number of carbonyl (C=O) groups excluding carboxylic acids is 1. The molecular formula is C22H22N4O5S. The maximum atomic E-state index is 12.3. The number of hydrogen-bond acceptors (Lipinski definition) is 7. The van der Waals surface area contributed by atoms with Crippen LogP contribution in [0.5, 0.6) is 0 Å². The third-order valence-electron chi connectivity index (χ3n) is 4.79. The number of anilines is 1. The van der Waals surface area contributed by atoms with E-state index in [1.54, 1.807) is 24.3 Å². The van der Waals surface area contributed by atoms with Gasteiger partial charge in [-0.15, -0.1) is 11.3 Å². The Kier molecular flexibility index (Phi) is 7.16. The van der Waals surface area contributed by atoms with Gasteiger partial charge in [-0.1, -0.05) is 24.3 Å². The second-order valence-corrected chi connectivity index (χ2v) is 7.93. The number of likely N-dealkylation sites (N-methyl/N-ethyl adjacent to an activating group) is 1. The number of non-ortho nitro benzene ring substituents is 1. The number of hydrogen-bond donors (Lipinski definition) is 1. The van der Waals surface area contributed by atoms with Crippen LogP contribution in [0.3, 0.4) is 0 Å². The molecule has 1 N–H and O–H groups in total. The summed E-state index contributed by atoms with van der Waals surface area (Å²) in [5.41, 5.74) is 2.77. The number of carboxylic acid groups (broad SMARTS) is 1. The molecule has 0 aliphatic carbocycles. The lowest BCUT2D eigenvalue weighted by atomic mass is 10.1. The molecule has 0 atom stereocenters. The fourth-order valence-corrected chi connectivity index (χ4v) is 4.00. The van der Waals surface area contributed by atoms with Gasteiger partial charge in [0.05, 0.1) is 10.6 Å². The van der Waals surface area contributed by atoms with Gasteiger partial charge in [0, 0.05) is 48.8 Å². The minimum atomic E-state index is -1.07. The molecule has 3 rings (SSSR count). The predicted octanol–water partition coefficient (Wildman–Crippen LogP) is 3.90. The van der Waals surface area contributed by atoms with Crippen molar-refractivity contribution in [2.45, 2.75) is 13.5 Å². The van der Waals surface area contributed by atoms with Crippen molar-refractivity contribution in [3.05, 3.63) is 75.2 Å². The van der Waals surface area contributed by atoms with Crippen molar-refractivity contribution in [2.24, 2.45) is 0 Å². The zero-order valence-corrected chi connectivity index (χ0v) is 18.4. The molecule has 0 radical (unpaired) electrons. The maximum Gasteiger partial charge on any atom is 0.323 e. The van der Waals surface area contributed by atoms with Crippen LogP contribution < -0.4 is 4.90 Å². The molecule has 0 aliphatic rings. The van der Waals surface area contributed by atoms with E-state index in [0.29, 0.717) is 29.9 Å². The number of thiazole rings is 1. The summed E-state index contributed by atoms with van der Waals surface area (Å²) in [6.45, 7) is 2.91. The first-order chi connectivity index (χ1) is 15.3. The molecule has 0 unspecified atom stereocenters. The lowest BCUT2D eigenvalue weighted by molar-refractivity contribution is -0.384. The van der Waals surface area contributed by atoms with E-state index in [-0.39, 0.29) is 18.1 Å². The average Bonchev–Trinajstić information content (AvgIpc) is 3.27. The van der Waals surface area contributed by atoms with Crippen molar-refractivity contribution < 1.29 is 19.6 Å². The summed E-state index contributed by atoms with van der Waals surface area (Å²) in [4.78, 5) is 41.6. The quantitative estimate of drug-likeness (QED) is 0.385. The molecule has 0 saturated heterocycles. The summed E-state index contributed by atoms with van der Waals surface area (Å²) in [5.74, 6) is -1.42. The van der Waals surface area contributed by atoms with E-state index in [9.17, 15) is 19.7 Å². The van der Waals surface area contributed by atoms with E-state index < -0.39 is 10.9 Å². The SMILES string of the molecule is CCN(Cc1ccc(C(=O)N(C)CC(=O)O)cc1)c1nc(-c2cccc([N+](=O)[O-])c2)cs1. The van der Waals surface area contributed by atoms with Gasteiger partial charge in [0.2, 0.25) is 0 Å². The first kappa shape index (κ1) is 22.9. The number of aliphatic carboxylic acids is 1. The summed E-state index contributed by atoms with van der Waals surface area (Å²) < 4.78 is 0. The number of nitro groups is 1. The molecule has 9 nitrogen and oxygen atoms in total.